The van der Waals surface area contributed by atoms with Crippen molar-refractivity contribution < 1.29 is 9.90 Å². The summed E-state index contributed by atoms with van der Waals surface area (Å²) in [5.74, 6) is 0.902. The minimum Gasteiger partial charge on any atom is -0.481 e. The summed E-state index contributed by atoms with van der Waals surface area (Å²) in [6.07, 6.45) is 0.107. The number of hydrogen-bond donors (Lipinski definition) is 1. The molecule has 0 heterocycles. The number of hydrogen-bond acceptors (Lipinski definition) is 2. The van der Waals surface area contributed by atoms with Gasteiger partial charge in [0.15, 0.2) is 0 Å². The quantitative estimate of drug-likeness (QED) is 0.840. The lowest BCUT2D eigenvalue weighted by atomic mass is 10.1. The molecule has 0 spiro atoms. The number of thioether (sulfide) groups is 1. The van der Waals surface area contributed by atoms with Crippen LogP contribution in [-0.4, -0.2) is 16.3 Å². The van der Waals surface area contributed by atoms with Gasteiger partial charge < -0.3 is 5.11 Å². The summed E-state index contributed by atoms with van der Waals surface area (Å²) in [7, 11) is 0. The van der Waals surface area contributed by atoms with Crippen LogP contribution in [0.4, 0.5) is 0 Å². The zero-order valence-corrected chi connectivity index (χ0v) is 11.5. The smallest absolute Gasteiger partial charge is 0.307 e. The predicted octanol–water partition coefficient (Wildman–Crippen LogP) is 3.59. The molecule has 1 aromatic rings. The van der Waals surface area contributed by atoms with Crippen molar-refractivity contribution in [3.63, 3.8) is 0 Å². The van der Waals surface area contributed by atoms with E-state index in [9.17, 15) is 4.79 Å². The average Bonchev–Trinajstić information content (AvgIpc) is 2.26. The third-order valence-electron chi connectivity index (χ3n) is 2.83. The molecule has 1 atom stereocenters. The topological polar surface area (TPSA) is 37.3 Å². The Hall–Kier alpha value is -0.960. The first-order valence-corrected chi connectivity index (χ1v) is 6.95. The van der Waals surface area contributed by atoms with Crippen LogP contribution in [0.3, 0.4) is 0 Å². The van der Waals surface area contributed by atoms with Gasteiger partial charge in [0.2, 0.25) is 0 Å². The van der Waals surface area contributed by atoms with E-state index in [1.165, 1.54) is 5.56 Å². The second kappa shape index (κ2) is 6.70. The Bertz CT molecular complexity index is 357. The van der Waals surface area contributed by atoms with Crippen molar-refractivity contribution in [1.82, 2.24) is 0 Å². The van der Waals surface area contributed by atoms with Gasteiger partial charge in [0.05, 0.1) is 6.42 Å². The van der Waals surface area contributed by atoms with E-state index in [1.54, 1.807) is 0 Å². The molecule has 0 radical (unpaired) electrons. The Morgan fingerprint density at radius 3 is 2.18 bits per heavy atom. The zero-order chi connectivity index (χ0) is 12.8. The van der Waals surface area contributed by atoms with Gasteiger partial charge in [-0.25, -0.2) is 0 Å². The molecule has 0 aliphatic carbocycles. The molecule has 3 heteroatoms. The largest absolute Gasteiger partial charge is 0.481 e. The van der Waals surface area contributed by atoms with E-state index >= 15 is 0 Å². The molecule has 0 fully saturated rings. The summed E-state index contributed by atoms with van der Waals surface area (Å²) in [4.78, 5) is 10.5. The van der Waals surface area contributed by atoms with E-state index in [1.807, 2.05) is 36.0 Å². The third-order valence-corrected chi connectivity index (χ3v) is 4.40. The Morgan fingerprint density at radius 1 is 1.18 bits per heavy atom. The highest BCUT2D eigenvalue weighted by Gasteiger charge is 2.07. The Labute approximate surface area is 107 Å². The molecule has 1 rings (SSSR count). The van der Waals surface area contributed by atoms with Crippen molar-refractivity contribution in [1.29, 1.82) is 0 Å². The van der Waals surface area contributed by atoms with Crippen LogP contribution in [0.5, 0.6) is 0 Å². The van der Waals surface area contributed by atoms with Crippen molar-refractivity contribution in [2.24, 2.45) is 5.92 Å². The van der Waals surface area contributed by atoms with Gasteiger partial charge in [-0.3, -0.25) is 4.79 Å². The lowest BCUT2D eigenvalue weighted by Gasteiger charge is -2.14. The highest BCUT2D eigenvalue weighted by Crippen LogP contribution is 2.23. The molecule has 1 unspecified atom stereocenters. The summed E-state index contributed by atoms with van der Waals surface area (Å²) in [5, 5.41) is 9.32. The highest BCUT2D eigenvalue weighted by molar-refractivity contribution is 7.99. The van der Waals surface area contributed by atoms with Gasteiger partial charge in [-0.15, -0.1) is 0 Å². The van der Waals surface area contributed by atoms with E-state index < -0.39 is 5.97 Å². The number of carbonyl (C=O) groups is 1. The summed E-state index contributed by atoms with van der Waals surface area (Å²) in [5.41, 5.74) is 2.12. The van der Waals surface area contributed by atoms with Gasteiger partial charge in [0, 0.05) is 11.0 Å². The van der Waals surface area contributed by atoms with Crippen LogP contribution in [0.25, 0.3) is 0 Å². The van der Waals surface area contributed by atoms with E-state index in [-0.39, 0.29) is 6.42 Å². The van der Waals surface area contributed by atoms with Crippen molar-refractivity contribution in [2.75, 3.05) is 0 Å². The van der Waals surface area contributed by atoms with Gasteiger partial charge in [0.25, 0.3) is 0 Å². The molecule has 0 amide bonds. The first kappa shape index (κ1) is 14.1. The van der Waals surface area contributed by atoms with Crippen LogP contribution in [0.15, 0.2) is 24.3 Å². The second-order valence-electron chi connectivity index (χ2n) is 4.65. The van der Waals surface area contributed by atoms with Crippen LogP contribution in [0.2, 0.25) is 0 Å². The highest BCUT2D eigenvalue weighted by atomic mass is 32.2. The molecule has 0 aliphatic heterocycles. The van der Waals surface area contributed by atoms with Crippen molar-refractivity contribution in [3.8, 4) is 0 Å². The number of benzene rings is 1. The van der Waals surface area contributed by atoms with E-state index in [0.29, 0.717) is 11.2 Å². The molecular formula is C14H20O2S. The molecule has 2 nitrogen and oxygen atoms in total. The molecule has 0 saturated carbocycles. The van der Waals surface area contributed by atoms with E-state index in [4.69, 9.17) is 5.11 Å². The summed E-state index contributed by atoms with van der Waals surface area (Å²) < 4.78 is 0. The molecule has 17 heavy (non-hydrogen) atoms. The van der Waals surface area contributed by atoms with E-state index in [0.717, 1.165) is 11.3 Å². The van der Waals surface area contributed by atoms with Gasteiger partial charge in [0.1, 0.15) is 0 Å². The average molecular weight is 252 g/mol. The summed E-state index contributed by atoms with van der Waals surface area (Å²) >= 11 is 1.94. The van der Waals surface area contributed by atoms with Crippen LogP contribution >= 0.6 is 11.8 Å². The second-order valence-corrected chi connectivity index (χ2v) is 6.01. The van der Waals surface area contributed by atoms with Crippen LogP contribution in [0, 0.1) is 5.92 Å². The summed E-state index contributed by atoms with van der Waals surface area (Å²) in [6.45, 7) is 6.70. The fourth-order valence-electron chi connectivity index (χ4n) is 1.35. The fourth-order valence-corrected chi connectivity index (χ4v) is 2.38. The first-order chi connectivity index (χ1) is 7.99. The minimum absolute atomic E-state index is 0.107. The SMILES string of the molecule is CC(C)C(C)SCc1ccc(CC(=O)O)cc1. The molecule has 0 bridgehead atoms. The normalized spacial score (nSPS) is 12.7. The zero-order valence-electron chi connectivity index (χ0n) is 10.6. The first-order valence-electron chi connectivity index (χ1n) is 5.90. The molecule has 0 aromatic heterocycles. The fraction of sp³-hybridized carbons (Fsp3) is 0.500. The van der Waals surface area contributed by atoms with Gasteiger partial charge >= 0.3 is 5.97 Å². The number of carboxylic acid groups (broad SMARTS) is 1. The maximum atomic E-state index is 10.5. The van der Waals surface area contributed by atoms with Crippen molar-refractivity contribution in [3.05, 3.63) is 35.4 Å². The maximum absolute atomic E-state index is 10.5. The minimum atomic E-state index is -0.777. The standard InChI is InChI=1S/C14H20O2S/c1-10(2)11(3)17-9-13-6-4-12(5-7-13)8-14(15)16/h4-7,10-11H,8-9H2,1-3H3,(H,15,16). The van der Waals surface area contributed by atoms with Gasteiger partial charge in [-0.1, -0.05) is 45.0 Å². The van der Waals surface area contributed by atoms with Crippen molar-refractivity contribution in [2.45, 2.75) is 38.2 Å². The molecule has 1 N–H and O–H groups in total. The lowest BCUT2D eigenvalue weighted by molar-refractivity contribution is -0.136. The number of aliphatic carboxylic acids is 1. The monoisotopic (exact) mass is 252 g/mol. The molecular weight excluding hydrogens is 232 g/mol. The molecule has 94 valence electrons. The lowest BCUT2D eigenvalue weighted by Crippen LogP contribution is -2.05. The molecule has 1 aromatic carbocycles. The Balaban J connectivity index is 2.48. The van der Waals surface area contributed by atoms with Crippen LogP contribution in [0.1, 0.15) is 31.9 Å². The third kappa shape index (κ3) is 5.26. The van der Waals surface area contributed by atoms with Crippen LogP contribution < -0.4 is 0 Å². The maximum Gasteiger partial charge on any atom is 0.307 e. The van der Waals surface area contributed by atoms with Crippen LogP contribution in [-0.2, 0) is 17.0 Å². The molecule has 0 aliphatic rings. The molecule has 0 saturated heterocycles. The van der Waals surface area contributed by atoms with Crippen molar-refractivity contribution >= 4 is 17.7 Å². The number of rotatable bonds is 6. The number of carboxylic acids is 1. The summed E-state index contributed by atoms with van der Waals surface area (Å²) in [6, 6.07) is 7.87. The van der Waals surface area contributed by atoms with Gasteiger partial charge in [-0.2, -0.15) is 11.8 Å². The predicted molar refractivity (Wildman–Crippen MR) is 73.4 cm³/mol. The van der Waals surface area contributed by atoms with E-state index in [2.05, 4.69) is 20.8 Å². The van der Waals surface area contributed by atoms with Gasteiger partial charge in [-0.05, 0) is 17.0 Å². The Morgan fingerprint density at radius 2 is 1.71 bits per heavy atom. The Kier molecular flexibility index (Phi) is 5.56.